The zero-order chi connectivity index (χ0) is 16.5. The van der Waals surface area contributed by atoms with Crippen LogP contribution in [0.25, 0.3) is 0 Å². The summed E-state index contributed by atoms with van der Waals surface area (Å²) >= 11 is 0. The first-order valence-corrected chi connectivity index (χ1v) is 9.76. The summed E-state index contributed by atoms with van der Waals surface area (Å²) in [4.78, 5) is 0. The first kappa shape index (κ1) is 16.4. The van der Waals surface area contributed by atoms with E-state index in [1.54, 1.807) is 0 Å². The van der Waals surface area contributed by atoms with Crippen molar-refractivity contribution >= 4 is 0 Å². The largest absolute Gasteiger partial charge is 0.396 e. The second-order valence-corrected chi connectivity index (χ2v) is 10.1. The summed E-state index contributed by atoms with van der Waals surface area (Å²) in [7, 11) is 0. The van der Waals surface area contributed by atoms with Crippen molar-refractivity contribution in [2.45, 2.75) is 77.2 Å². The topological polar surface area (TPSA) is 60.7 Å². The number of hydrogen-bond donors (Lipinski definition) is 3. The van der Waals surface area contributed by atoms with E-state index in [9.17, 15) is 15.3 Å². The van der Waals surface area contributed by atoms with Gasteiger partial charge in [0, 0.05) is 6.61 Å². The summed E-state index contributed by atoms with van der Waals surface area (Å²) in [6, 6.07) is 0. The first-order chi connectivity index (χ1) is 10.8. The number of aliphatic hydroxyl groups is 3. The van der Waals surface area contributed by atoms with Crippen LogP contribution in [0.15, 0.2) is 0 Å². The fourth-order valence-electron chi connectivity index (χ4n) is 8.13. The van der Waals surface area contributed by atoms with Gasteiger partial charge in [-0.05, 0) is 85.4 Å². The Bertz CT molecular complexity index is 493. The highest BCUT2D eigenvalue weighted by Crippen LogP contribution is 2.72. The van der Waals surface area contributed by atoms with Gasteiger partial charge in [0.2, 0.25) is 0 Å². The van der Waals surface area contributed by atoms with Gasteiger partial charge in [-0.15, -0.1) is 0 Å². The van der Waals surface area contributed by atoms with Gasteiger partial charge in [0.05, 0.1) is 12.2 Å². The summed E-state index contributed by atoms with van der Waals surface area (Å²) in [5.41, 5.74) is -0.191. The molecule has 0 radical (unpaired) electrons. The second kappa shape index (κ2) is 4.95. The molecule has 2 bridgehead atoms. The molecule has 4 aliphatic carbocycles. The van der Waals surface area contributed by atoms with Crippen LogP contribution < -0.4 is 0 Å². The highest BCUT2D eigenvalue weighted by molar-refractivity contribution is 5.16. The van der Waals surface area contributed by atoms with Gasteiger partial charge in [-0.3, -0.25) is 0 Å². The highest BCUT2D eigenvalue weighted by atomic mass is 16.3. The van der Waals surface area contributed by atoms with Crippen LogP contribution >= 0.6 is 0 Å². The molecule has 0 heterocycles. The Morgan fingerprint density at radius 3 is 2.39 bits per heavy atom. The second-order valence-electron chi connectivity index (χ2n) is 10.1. The fourth-order valence-corrected chi connectivity index (χ4v) is 8.13. The van der Waals surface area contributed by atoms with Crippen LogP contribution in [-0.2, 0) is 0 Å². The Hall–Kier alpha value is -0.120. The maximum atomic E-state index is 10.9. The molecule has 4 saturated carbocycles. The minimum atomic E-state index is -0.826. The van der Waals surface area contributed by atoms with Gasteiger partial charge in [-0.2, -0.15) is 0 Å². The molecule has 4 fully saturated rings. The molecule has 3 N–H and O–H groups in total. The third-order valence-corrected chi connectivity index (χ3v) is 9.08. The van der Waals surface area contributed by atoms with Crippen molar-refractivity contribution in [3.05, 3.63) is 0 Å². The maximum absolute atomic E-state index is 10.9. The molecule has 0 aromatic rings. The first-order valence-electron chi connectivity index (χ1n) is 9.76. The number of hydrogen-bond acceptors (Lipinski definition) is 3. The average molecular weight is 322 g/mol. The average Bonchev–Trinajstić information content (AvgIpc) is 2.74. The molecule has 4 rings (SSSR count). The molecular formula is C20H34O3. The van der Waals surface area contributed by atoms with E-state index in [4.69, 9.17) is 0 Å². The molecule has 0 amide bonds. The molecule has 0 saturated heterocycles. The Morgan fingerprint density at radius 2 is 1.70 bits per heavy atom. The van der Waals surface area contributed by atoms with E-state index in [-0.39, 0.29) is 17.4 Å². The van der Waals surface area contributed by atoms with Gasteiger partial charge >= 0.3 is 0 Å². The van der Waals surface area contributed by atoms with Gasteiger partial charge in [0.1, 0.15) is 0 Å². The highest BCUT2D eigenvalue weighted by Gasteiger charge is 2.67. The van der Waals surface area contributed by atoms with E-state index in [0.717, 1.165) is 25.7 Å². The summed E-state index contributed by atoms with van der Waals surface area (Å²) < 4.78 is 0. The summed E-state index contributed by atoms with van der Waals surface area (Å²) in [6.07, 6.45) is 10.3. The van der Waals surface area contributed by atoms with Crippen molar-refractivity contribution in [3.8, 4) is 0 Å². The molecular weight excluding hydrogens is 288 g/mol. The van der Waals surface area contributed by atoms with Gasteiger partial charge in [0.15, 0.2) is 0 Å². The molecule has 0 unspecified atom stereocenters. The van der Waals surface area contributed by atoms with Crippen LogP contribution in [0.4, 0.5) is 0 Å². The van der Waals surface area contributed by atoms with Crippen LogP contribution in [0.5, 0.6) is 0 Å². The van der Waals surface area contributed by atoms with Crippen molar-refractivity contribution in [3.63, 3.8) is 0 Å². The minimum Gasteiger partial charge on any atom is -0.396 e. The molecule has 0 aromatic heterocycles. The molecule has 132 valence electrons. The van der Waals surface area contributed by atoms with Gasteiger partial charge < -0.3 is 15.3 Å². The van der Waals surface area contributed by atoms with Crippen molar-refractivity contribution in [2.24, 2.45) is 34.0 Å². The lowest BCUT2D eigenvalue weighted by Crippen LogP contribution is -2.57. The minimum absolute atomic E-state index is 0.0688. The zero-order valence-electron chi connectivity index (χ0n) is 14.9. The van der Waals surface area contributed by atoms with E-state index < -0.39 is 5.60 Å². The van der Waals surface area contributed by atoms with E-state index >= 15 is 0 Å². The van der Waals surface area contributed by atoms with Gasteiger partial charge in [-0.25, -0.2) is 0 Å². The predicted octanol–water partition coefficient (Wildman–Crippen LogP) is 3.12. The van der Waals surface area contributed by atoms with Crippen molar-refractivity contribution in [2.75, 3.05) is 13.2 Å². The van der Waals surface area contributed by atoms with Crippen LogP contribution in [0, 0.1) is 34.0 Å². The van der Waals surface area contributed by atoms with E-state index in [2.05, 4.69) is 13.8 Å². The Kier molecular flexibility index (Phi) is 3.52. The Labute approximate surface area is 140 Å². The van der Waals surface area contributed by atoms with E-state index in [0.29, 0.717) is 29.8 Å². The van der Waals surface area contributed by atoms with Crippen LogP contribution in [-0.4, -0.2) is 34.1 Å². The third kappa shape index (κ3) is 1.99. The van der Waals surface area contributed by atoms with E-state index in [1.807, 2.05) is 0 Å². The van der Waals surface area contributed by atoms with Crippen LogP contribution in [0.1, 0.15) is 71.6 Å². The molecule has 3 nitrogen and oxygen atoms in total. The molecule has 7 atom stereocenters. The lowest BCUT2D eigenvalue weighted by Gasteiger charge is -2.64. The lowest BCUT2D eigenvalue weighted by molar-refractivity contribution is -0.159. The Morgan fingerprint density at radius 1 is 0.913 bits per heavy atom. The van der Waals surface area contributed by atoms with Crippen molar-refractivity contribution in [1.29, 1.82) is 0 Å². The number of aliphatic hydroxyl groups excluding tert-OH is 2. The predicted molar refractivity (Wildman–Crippen MR) is 89.8 cm³/mol. The SMILES string of the molecule is C[C@@]1(CO)CCC[C@]2(C)[C@@H]1CC[C@@]13C[C@H](CC[C@H]12)[C@](O)(CO)C3. The van der Waals surface area contributed by atoms with Crippen molar-refractivity contribution < 1.29 is 15.3 Å². The monoisotopic (exact) mass is 322 g/mol. The molecule has 4 aliphatic rings. The summed E-state index contributed by atoms with van der Waals surface area (Å²) in [6.45, 7) is 5.04. The van der Waals surface area contributed by atoms with E-state index in [1.165, 1.54) is 32.1 Å². The maximum Gasteiger partial charge on any atom is 0.0910 e. The quantitative estimate of drug-likeness (QED) is 0.732. The number of rotatable bonds is 2. The third-order valence-electron chi connectivity index (χ3n) is 9.08. The van der Waals surface area contributed by atoms with Crippen LogP contribution in [0.2, 0.25) is 0 Å². The zero-order valence-corrected chi connectivity index (χ0v) is 14.9. The lowest BCUT2D eigenvalue weighted by atomic mass is 9.41. The fraction of sp³-hybridized carbons (Fsp3) is 1.00. The standard InChI is InChI=1S/C20H34O3/c1-17(12-21)7-3-8-18(2)15(17)6-9-19-10-14(4-5-16(18)19)20(23,11-19)13-22/h14-16,21-23H,3-13H2,1-2H3/t14-,15+,16-,17-,18+,19-,20+/m0/s1. The summed E-state index contributed by atoms with van der Waals surface area (Å²) in [5, 5.41) is 30.8. The number of fused-ring (bicyclic) bond motifs is 3. The normalized spacial score (nSPS) is 58.6. The van der Waals surface area contributed by atoms with Crippen molar-refractivity contribution in [1.82, 2.24) is 0 Å². The molecule has 0 aromatic carbocycles. The molecule has 1 spiro atoms. The Balaban J connectivity index is 1.71. The molecule has 23 heavy (non-hydrogen) atoms. The smallest absolute Gasteiger partial charge is 0.0910 e. The molecule has 0 aliphatic heterocycles. The summed E-state index contributed by atoms with van der Waals surface area (Å²) in [5.74, 6) is 1.58. The molecule has 3 heteroatoms. The van der Waals surface area contributed by atoms with Gasteiger partial charge in [0.25, 0.3) is 0 Å². The van der Waals surface area contributed by atoms with Gasteiger partial charge in [-0.1, -0.05) is 20.3 Å². The van der Waals surface area contributed by atoms with Crippen LogP contribution in [0.3, 0.4) is 0 Å².